The normalized spacial score (nSPS) is 11.2. The number of carbonyl (C=O) groups excluding carboxylic acids is 2. The van der Waals surface area contributed by atoms with Crippen molar-refractivity contribution < 1.29 is 18.7 Å². The maximum atomic E-state index is 13.0. The van der Waals surface area contributed by atoms with Crippen LogP contribution in [0.15, 0.2) is 53.0 Å². The van der Waals surface area contributed by atoms with Crippen LogP contribution >= 0.6 is 0 Å². The number of nitrogens with zero attached hydrogens (tertiary/aromatic N) is 2. The Morgan fingerprint density at radius 1 is 1.14 bits per heavy atom. The lowest BCUT2D eigenvalue weighted by Crippen LogP contribution is -2.45. The summed E-state index contributed by atoms with van der Waals surface area (Å²) in [5.41, 5.74) is 0.936. The molecule has 29 heavy (non-hydrogen) atoms. The molecule has 2 rings (SSSR count). The van der Waals surface area contributed by atoms with Crippen LogP contribution in [0.4, 0.5) is 0 Å². The van der Waals surface area contributed by atoms with E-state index >= 15 is 0 Å². The van der Waals surface area contributed by atoms with Gasteiger partial charge in [0.05, 0.1) is 13.2 Å². The van der Waals surface area contributed by atoms with Crippen molar-refractivity contribution in [2.45, 2.75) is 33.4 Å². The Balaban J connectivity index is 2.07. The van der Waals surface area contributed by atoms with Crippen LogP contribution in [0, 0.1) is 6.92 Å². The average Bonchev–Trinajstić information content (AvgIpc) is 3.12. The van der Waals surface area contributed by atoms with Crippen molar-refractivity contribution >= 4 is 17.9 Å². The average molecular weight is 399 g/mol. The maximum absolute atomic E-state index is 13.0. The number of ether oxygens (including phenoxy) is 1. The molecule has 0 saturated carbocycles. The molecule has 0 N–H and O–H groups in total. The van der Waals surface area contributed by atoms with Gasteiger partial charge in [-0.25, -0.2) is 0 Å². The van der Waals surface area contributed by atoms with Gasteiger partial charge in [0, 0.05) is 25.8 Å². The largest absolute Gasteiger partial charge is 0.464 e. The molecule has 0 radical (unpaired) electrons. The second-order valence-corrected chi connectivity index (χ2v) is 7.12. The number of furan rings is 1. The molecule has 2 amide bonds. The lowest BCUT2D eigenvalue weighted by Gasteiger charge is -2.29. The molecule has 0 spiro atoms. The predicted molar refractivity (Wildman–Crippen MR) is 113 cm³/mol. The minimum absolute atomic E-state index is 0.000958. The van der Waals surface area contributed by atoms with Gasteiger partial charge in [0.25, 0.3) is 0 Å². The van der Waals surface area contributed by atoms with Gasteiger partial charge in [-0.15, -0.1) is 0 Å². The first-order valence-electron chi connectivity index (χ1n) is 9.76. The first-order valence-corrected chi connectivity index (χ1v) is 9.76. The molecule has 0 bridgehead atoms. The lowest BCUT2D eigenvalue weighted by atomic mass is 10.2. The summed E-state index contributed by atoms with van der Waals surface area (Å²) >= 11 is 0. The summed E-state index contributed by atoms with van der Waals surface area (Å²) < 4.78 is 10.7. The summed E-state index contributed by atoms with van der Waals surface area (Å²) in [5.74, 6) is 1.16. The van der Waals surface area contributed by atoms with Gasteiger partial charge in [-0.1, -0.05) is 30.3 Å². The molecule has 2 aromatic rings. The van der Waals surface area contributed by atoms with Crippen molar-refractivity contribution in [3.8, 4) is 0 Å². The van der Waals surface area contributed by atoms with E-state index in [2.05, 4.69) is 0 Å². The molecule has 1 aromatic carbocycles. The molecule has 0 atom stereocenters. The predicted octanol–water partition coefficient (Wildman–Crippen LogP) is 3.51. The fourth-order valence-electron chi connectivity index (χ4n) is 2.84. The van der Waals surface area contributed by atoms with Crippen LogP contribution in [0.2, 0.25) is 0 Å². The van der Waals surface area contributed by atoms with Crippen LogP contribution in [0.25, 0.3) is 6.08 Å². The van der Waals surface area contributed by atoms with Crippen LogP contribution in [0.1, 0.15) is 30.9 Å². The Kier molecular flexibility index (Phi) is 8.68. The third kappa shape index (κ3) is 7.23. The molecule has 0 aliphatic rings. The van der Waals surface area contributed by atoms with Gasteiger partial charge in [0.2, 0.25) is 11.8 Å². The number of methoxy groups -OCH3 is 1. The van der Waals surface area contributed by atoms with Crippen molar-refractivity contribution in [1.82, 2.24) is 9.80 Å². The highest BCUT2D eigenvalue weighted by atomic mass is 16.5. The third-order valence-corrected chi connectivity index (χ3v) is 4.49. The highest BCUT2D eigenvalue weighted by Gasteiger charge is 2.23. The van der Waals surface area contributed by atoms with Gasteiger partial charge in [-0.3, -0.25) is 9.59 Å². The standard InChI is InChI=1S/C23H30N2O4/c1-18(2)25(22(26)13-11-20-8-6-5-7-9-20)17-23(27)24(14-15-28-4)16-21-12-10-19(3)29-21/h5-13,18H,14-17H2,1-4H3. The van der Waals surface area contributed by atoms with Gasteiger partial charge in [0.1, 0.15) is 18.1 Å². The molecule has 1 aromatic heterocycles. The third-order valence-electron chi connectivity index (χ3n) is 4.49. The minimum atomic E-state index is -0.197. The number of hydrogen-bond donors (Lipinski definition) is 0. The van der Waals surface area contributed by atoms with Crippen molar-refractivity contribution in [3.05, 3.63) is 65.6 Å². The monoisotopic (exact) mass is 398 g/mol. The molecular weight excluding hydrogens is 368 g/mol. The minimum Gasteiger partial charge on any atom is -0.464 e. The highest BCUT2D eigenvalue weighted by Crippen LogP contribution is 2.11. The zero-order valence-corrected chi connectivity index (χ0v) is 17.6. The maximum Gasteiger partial charge on any atom is 0.247 e. The summed E-state index contributed by atoms with van der Waals surface area (Å²) in [6.45, 7) is 6.84. The van der Waals surface area contributed by atoms with Crippen molar-refractivity contribution in [1.29, 1.82) is 0 Å². The summed E-state index contributed by atoms with van der Waals surface area (Å²) in [4.78, 5) is 28.9. The van der Waals surface area contributed by atoms with Crippen LogP contribution in [-0.4, -0.2) is 54.5 Å². The molecular formula is C23H30N2O4. The Morgan fingerprint density at radius 2 is 1.86 bits per heavy atom. The molecule has 1 heterocycles. The first kappa shape index (κ1) is 22.4. The number of rotatable bonds is 10. The summed E-state index contributed by atoms with van der Waals surface area (Å²) in [7, 11) is 1.60. The van der Waals surface area contributed by atoms with E-state index < -0.39 is 0 Å². The molecule has 0 saturated heterocycles. The molecule has 6 heteroatoms. The summed E-state index contributed by atoms with van der Waals surface area (Å²) in [6, 6.07) is 13.2. The number of benzene rings is 1. The Bertz CT molecular complexity index is 811. The van der Waals surface area contributed by atoms with E-state index in [0.717, 1.165) is 11.3 Å². The van der Waals surface area contributed by atoms with Gasteiger partial charge in [0.15, 0.2) is 0 Å². The second-order valence-electron chi connectivity index (χ2n) is 7.12. The number of carbonyl (C=O) groups is 2. The van der Waals surface area contributed by atoms with Crippen molar-refractivity contribution in [2.24, 2.45) is 0 Å². The van der Waals surface area contributed by atoms with E-state index in [0.29, 0.717) is 25.5 Å². The van der Waals surface area contributed by atoms with Gasteiger partial charge >= 0.3 is 0 Å². The van der Waals surface area contributed by atoms with E-state index in [4.69, 9.17) is 9.15 Å². The SMILES string of the molecule is COCCN(Cc1ccc(C)o1)C(=O)CN(C(=O)C=Cc1ccccc1)C(C)C. The highest BCUT2D eigenvalue weighted by molar-refractivity contribution is 5.94. The van der Waals surface area contributed by atoms with E-state index in [9.17, 15) is 9.59 Å². The number of hydrogen-bond acceptors (Lipinski definition) is 4. The summed E-state index contributed by atoms with van der Waals surface area (Å²) in [5, 5.41) is 0. The van der Waals surface area contributed by atoms with E-state index in [1.807, 2.05) is 63.2 Å². The number of aryl methyl sites for hydroxylation is 1. The molecule has 0 aliphatic heterocycles. The fourth-order valence-corrected chi connectivity index (χ4v) is 2.84. The van der Waals surface area contributed by atoms with Gasteiger partial charge in [-0.2, -0.15) is 0 Å². The molecule has 156 valence electrons. The van der Waals surface area contributed by atoms with Crippen molar-refractivity contribution in [2.75, 3.05) is 26.8 Å². The lowest BCUT2D eigenvalue weighted by molar-refractivity contribution is -0.140. The second kappa shape index (κ2) is 11.2. The van der Waals surface area contributed by atoms with Crippen LogP contribution in [0.3, 0.4) is 0 Å². The van der Waals surface area contributed by atoms with Gasteiger partial charge in [-0.05, 0) is 44.5 Å². The molecule has 0 fully saturated rings. The Morgan fingerprint density at radius 3 is 2.45 bits per heavy atom. The zero-order valence-electron chi connectivity index (χ0n) is 17.6. The smallest absolute Gasteiger partial charge is 0.247 e. The number of amides is 2. The van der Waals surface area contributed by atoms with Gasteiger partial charge < -0.3 is 19.0 Å². The zero-order chi connectivity index (χ0) is 21.2. The van der Waals surface area contributed by atoms with E-state index in [-0.39, 0.29) is 24.4 Å². The Labute approximate surface area is 172 Å². The quantitative estimate of drug-likeness (QED) is 0.575. The molecule has 0 aliphatic carbocycles. The fraction of sp³-hybridized carbons (Fsp3) is 0.391. The summed E-state index contributed by atoms with van der Waals surface area (Å²) in [6.07, 6.45) is 3.27. The topological polar surface area (TPSA) is 63.0 Å². The molecule has 0 unspecified atom stereocenters. The van der Waals surface area contributed by atoms with E-state index in [1.165, 1.54) is 6.08 Å². The molecule has 6 nitrogen and oxygen atoms in total. The first-order chi connectivity index (χ1) is 13.9. The van der Waals surface area contributed by atoms with Crippen LogP contribution < -0.4 is 0 Å². The van der Waals surface area contributed by atoms with Crippen LogP contribution in [0.5, 0.6) is 0 Å². The van der Waals surface area contributed by atoms with Crippen LogP contribution in [-0.2, 0) is 20.9 Å². The van der Waals surface area contributed by atoms with Crippen molar-refractivity contribution in [3.63, 3.8) is 0 Å². The Hall–Kier alpha value is -2.86. The van der Waals surface area contributed by atoms with E-state index in [1.54, 1.807) is 23.0 Å².